The molecule has 0 spiro atoms. The first kappa shape index (κ1) is 27.1. The third-order valence-corrected chi connectivity index (χ3v) is 7.79. The number of ether oxygens (including phenoxy) is 2. The van der Waals surface area contributed by atoms with Crippen molar-refractivity contribution >= 4 is 33.7 Å². The predicted octanol–water partition coefficient (Wildman–Crippen LogP) is 2.31. The quantitative estimate of drug-likeness (QED) is 0.444. The van der Waals surface area contributed by atoms with Crippen LogP contribution in [-0.2, 0) is 27.8 Å². The zero-order valence-corrected chi connectivity index (χ0v) is 22.1. The van der Waals surface area contributed by atoms with Gasteiger partial charge in [0.15, 0.2) is 11.5 Å². The molecule has 210 valence electrons. The van der Waals surface area contributed by atoms with E-state index in [2.05, 4.69) is 10.3 Å². The maximum atomic E-state index is 13.9. The summed E-state index contributed by atoms with van der Waals surface area (Å²) in [5.74, 6) is -1.29. The fourth-order valence-electron chi connectivity index (χ4n) is 4.54. The highest BCUT2D eigenvalue weighted by Gasteiger charge is 2.33. The number of rotatable bonds is 7. The smallest absolute Gasteiger partial charge is 0.330 e. The first-order valence-electron chi connectivity index (χ1n) is 12.3. The van der Waals surface area contributed by atoms with Crippen molar-refractivity contribution in [1.29, 1.82) is 0 Å². The van der Waals surface area contributed by atoms with E-state index in [0.29, 0.717) is 48.5 Å². The molecule has 3 heterocycles. The molecule has 0 aliphatic carbocycles. The molecule has 3 aromatic rings. The molecule has 3 amide bonds. The topological polar surface area (TPSA) is 130 Å². The Balaban J connectivity index is 1.37. The second kappa shape index (κ2) is 11.0. The van der Waals surface area contributed by atoms with Crippen LogP contribution >= 0.6 is 0 Å². The summed E-state index contributed by atoms with van der Waals surface area (Å²) in [5.41, 5.74) is 1.17. The summed E-state index contributed by atoms with van der Waals surface area (Å²) in [6.07, 6.45) is 1.52. The summed E-state index contributed by atoms with van der Waals surface area (Å²) in [7, 11) is -2.94. The Morgan fingerprint density at radius 1 is 1.07 bits per heavy atom. The normalized spacial score (nSPS) is 14.7. The minimum Gasteiger partial charge on any atom is -0.486 e. The molecule has 2 aromatic carbocycles. The zero-order valence-electron chi connectivity index (χ0n) is 21.3. The van der Waals surface area contributed by atoms with Crippen molar-refractivity contribution < 1.29 is 36.3 Å². The van der Waals surface area contributed by atoms with Gasteiger partial charge in [-0.15, -0.1) is 0 Å². The van der Waals surface area contributed by atoms with E-state index in [4.69, 9.17) is 9.47 Å². The molecular formula is C26H25F2N5O6S. The molecule has 40 heavy (non-hydrogen) atoms. The van der Waals surface area contributed by atoms with E-state index in [-0.39, 0.29) is 24.3 Å². The van der Waals surface area contributed by atoms with Crippen LogP contribution in [0.4, 0.5) is 25.1 Å². The third kappa shape index (κ3) is 5.76. The summed E-state index contributed by atoms with van der Waals surface area (Å²) >= 11 is 0. The highest BCUT2D eigenvalue weighted by atomic mass is 32.2. The van der Waals surface area contributed by atoms with Crippen LogP contribution in [0.3, 0.4) is 0 Å². The Hall–Kier alpha value is -4.46. The summed E-state index contributed by atoms with van der Waals surface area (Å²) in [6, 6.07) is 8.34. The maximum Gasteiger partial charge on any atom is 0.330 e. The fourth-order valence-corrected chi connectivity index (χ4v) is 5.67. The van der Waals surface area contributed by atoms with Crippen molar-refractivity contribution in [2.24, 2.45) is 0 Å². The number of nitrogens with zero attached hydrogens (tertiary/aromatic N) is 3. The molecule has 1 atom stereocenters. The van der Waals surface area contributed by atoms with Crippen LogP contribution in [-0.4, -0.2) is 58.2 Å². The first-order chi connectivity index (χ1) is 19.1. The monoisotopic (exact) mass is 573 g/mol. The van der Waals surface area contributed by atoms with Crippen molar-refractivity contribution in [3.05, 3.63) is 77.5 Å². The zero-order chi connectivity index (χ0) is 28.4. The van der Waals surface area contributed by atoms with Gasteiger partial charge in [0.05, 0.1) is 0 Å². The summed E-state index contributed by atoms with van der Waals surface area (Å²) in [4.78, 5) is 31.8. The van der Waals surface area contributed by atoms with Crippen molar-refractivity contribution in [3.63, 3.8) is 0 Å². The van der Waals surface area contributed by atoms with Crippen LogP contribution in [0.2, 0.25) is 0 Å². The molecule has 11 nitrogen and oxygen atoms in total. The molecule has 2 aliphatic heterocycles. The van der Waals surface area contributed by atoms with Crippen LogP contribution in [0.25, 0.3) is 0 Å². The van der Waals surface area contributed by atoms with Gasteiger partial charge in [-0.1, -0.05) is 6.07 Å². The number of nitrogens with one attached hydrogen (secondary N) is 2. The summed E-state index contributed by atoms with van der Waals surface area (Å²) < 4.78 is 67.7. The molecule has 0 unspecified atom stereocenters. The molecule has 0 bridgehead atoms. The number of pyridine rings is 1. The van der Waals surface area contributed by atoms with Crippen LogP contribution in [0.1, 0.15) is 11.1 Å². The Labute approximate surface area is 228 Å². The molecule has 14 heteroatoms. The van der Waals surface area contributed by atoms with Gasteiger partial charge in [0.25, 0.3) is 0 Å². The predicted molar refractivity (Wildman–Crippen MR) is 141 cm³/mol. The third-order valence-electron chi connectivity index (χ3n) is 6.41. The number of carbonyl (C=O) groups excluding carboxylic acids is 2. The van der Waals surface area contributed by atoms with E-state index >= 15 is 0 Å². The Kier molecular flexibility index (Phi) is 7.43. The SMILES string of the molecule is CN(C(=O)[C@H](Cc1cc(F)cc(F)c1)NC(=O)NS(=O)(=O)N1CCc2cccnc21)c1ccc2c(c1)OCCO2. The number of hydrogen-bond donors (Lipinski definition) is 2. The minimum absolute atomic E-state index is 0.0761. The van der Waals surface area contributed by atoms with Crippen molar-refractivity contribution in [2.45, 2.75) is 18.9 Å². The molecular weight excluding hydrogens is 548 g/mol. The summed E-state index contributed by atoms with van der Waals surface area (Å²) in [6.45, 7) is 0.788. The van der Waals surface area contributed by atoms with Crippen molar-refractivity contribution in [3.8, 4) is 11.5 Å². The van der Waals surface area contributed by atoms with E-state index < -0.39 is 39.8 Å². The highest BCUT2D eigenvalue weighted by molar-refractivity contribution is 7.91. The number of halogens is 2. The van der Waals surface area contributed by atoms with Crippen LogP contribution in [0, 0.1) is 11.6 Å². The molecule has 0 saturated carbocycles. The van der Waals surface area contributed by atoms with Gasteiger partial charge in [0.2, 0.25) is 5.91 Å². The average molecular weight is 574 g/mol. The molecule has 0 fully saturated rings. The summed E-state index contributed by atoms with van der Waals surface area (Å²) in [5, 5.41) is 2.35. The number of likely N-dealkylation sites (N-methyl/N-ethyl adjacent to an activating group) is 1. The lowest BCUT2D eigenvalue weighted by molar-refractivity contribution is -0.120. The van der Waals surface area contributed by atoms with Gasteiger partial charge in [0.1, 0.15) is 36.7 Å². The van der Waals surface area contributed by atoms with Gasteiger partial charge >= 0.3 is 16.2 Å². The van der Waals surface area contributed by atoms with E-state index in [9.17, 15) is 26.8 Å². The van der Waals surface area contributed by atoms with Crippen molar-refractivity contribution in [1.82, 2.24) is 15.0 Å². The second-order valence-corrected chi connectivity index (χ2v) is 10.7. The lowest BCUT2D eigenvalue weighted by Gasteiger charge is -2.27. The molecule has 0 saturated heterocycles. The number of urea groups is 1. The van der Waals surface area contributed by atoms with Crippen LogP contribution in [0.15, 0.2) is 54.7 Å². The van der Waals surface area contributed by atoms with Gasteiger partial charge < -0.3 is 19.7 Å². The minimum atomic E-state index is -4.38. The molecule has 0 radical (unpaired) electrons. The van der Waals surface area contributed by atoms with Gasteiger partial charge in [-0.3, -0.25) is 4.79 Å². The Morgan fingerprint density at radius 2 is 1.80 bits per heavy atom. The fraction of sp³-hybridized carbons (Fsp3) is 0.269. The number of amides is 3. The highest BCUT2D eigenvalue weighted by Crippen LogP contribution is 2.34. The maximum absolute atomic E-state index is 13.9. The standard InChI is InChI=1S/C26H25F2N5O6S/c1-32(20-4-5-22-23(15-20)39-10-9-38-22)25(34)21(13-16-11-18(27)14-19(28)12-16)30-26(35)31-40(36,37)33-8-6-17-3-2-7-29-24(17)33/h2-5,7,11-12,14-15,21H,6,8-10,13H2,1H3,(H2,30,31,35)/t21-/m0/s1. The Morgan fingerprint density at radius 3 is 2.55 bits per heavy atom. The van der Waals surface area contributed by atoms with Gasteiger partial charge in [-0.05, 0) is 47.9 Å². The first-order valence-corrected chi connectivity index (χ1v) is 13.7. The molecule has 5 rings (SSSR count). The van der Waals surface area contributed by atoms with Gasteiger partial charge in [0, 0.05) is 44.0 Å². The Bertz CT molecular complexity index is 1550. The number of benzene rings is 2. The van der Waals surface area contributed by atoms with E-state index in [1.807, 2.05) is 4.72 Å². The number of hydrogen-bond acceptors (Lipinski definition) is 7. The lowest BCUT2D eigenvalue weighted by Crippen LogP contribution is -2.54. The molecule has 2 N–H and O–H groups in total. The molecule has 2 aliphatic rings. The van der Waals surface area contributed by atoms with E-state index in [1.165, 1.54) is 18.1 Å². The number of anilines is 2. The van der Waals surface area contributed by atoms with Gasteiger partial charge in [-0.25, -0.2) is 27.6 Å². The van der Waals surface area contributed by atoms with Crippen LogP contribution < -0.4 is 28.7 Å². The lowest BCUT2D eigenvalue weighted by atomic mass is 10.0. The van der Waals surface area contributed by atoms with E-state index in [1.54, 1.807) is 30.3 Å². The molecule has 1 aromatic heterocycles. The second-order valence-electron chi connectivity index (χ2n) is 9.15. The average Bonchev–Trinajstić information content (AvgIpc) is 3.36. The number of aromatic nitrogens is 1. The number of fused-ring (bicyclic) bond motifs is 2. The van der Waals surface area contributed by atoms with E-state index in [0.717, 1.165) is 16.4 Å². The van der Waals surface area contributed by atoms with Crippen LogP contribution in [0.5, 0.6) is 11.5 Å². The number of carbonyl (C=O) groups is 2. The largest absolute Gasteiger partial charge is 0.486 e. The van der Waals surface area contributed by atoms with Gasteiger partial charge in [-0.2, -0.15) is 8.42 Å². The van der Waals surface area contributed by atoms with Crippen molar-refractivity contribution in [2.75, 3.05) is 36.0 Å².